The van der Waals surface area contributed by atoms with E-state index in [0.29, 0.717) is 0 Å². The molecule has 2 heteroatoms. The highest BCUT2D eigenvalue weighted by Gasteiger charge is 2.09. The summed E-state index contributed by atoms with van der Waals surface area (Å²) in [4.78, 5) is 0. The van der Waals surface area contributed by atoms with Gasteiger partial charge in [-0.1, -0.05) is 48.5 Å². The van der Waals surface area contributed by atoms with E-state index in [1.54, 1.807) is 24.3 Å². The van der Waals surface area contributed by atoms with Crippen molar-refractivity contribution in [3.05, 3.63) is 72.8 Å². The molecule has 0 radical (unpaired) electrons. The number of rotatable bonds is 1. The van der Waals surface area contributed by atoms with Crippen molar-refractivity contribution in [1.29, 1.82) is 0 Å². The zero-order chi connectivity index (χ0) is 15.1. The van der Waals surface area contributed by atoms with Crippen LogP contribution >= 0.6 is 0 Å². The van der Waals surface area contributed by atoms with E-state index in [1.807, 2.05) is 42.5 Å². The highest BCUT2D eigenvalue weighted by atomic mass is 16.3. The molecule has 2 nitrogen and oxygen atoms in total. The number of hydrogen-bond donors (Lipinski definition) is 2. The summed E-state index contributed by atoms with van der Waals surface area (Å²) in [6, 6.07) is 22.9. The van der Waals surface area contributed by atoms with Crippen LogP contribution in [-0.2, 0) is 0 Å². The van der Waals surface area contributed by atoms with E-state index in [0.717, 1.165) is 32.7 Å². The van der Waals surface area contributed by atoms with Crippen molar-refractivity contribution in [2.45, 2.75) is 0 Å². The second kappa shape index (κ2) is 4.78. The largest absolute Gasteiger partial charge is 0.508 e. The fourth-order valence-corrected chi connectivity index (χ4v) is 3.02. The third-order valence-corrected chi connectivity index (χ3v) is 4.00. The van der Waals surface area contributed by atoms with Crippen molar-refractivity contribution in [2.24, 2.45) is 0 Å². The van der Waals surface area contributed by atoms with Crippen LogP contribution in [0.5, 0.6) is 11.5 Å². The minimum Gasteiger partial charge on any atom is -0.508 e. The Morgan fingerprint density at radius 2 is 1.18 bits per heavy atom. The van der Waals surface area contributed by atoms with Gasteiger partial charge in [0.1, 0.15) is 11.5 Å². The van der Waals surface area contributed by atoms with Crippen LogP contribution in [0, 0.1) is 0 Å². The normalized spacial score (nSPS) is 11.1. The Hall–Kier alpha value is -3.00. The second-order valence-corrected chi connectivity index (χ2v) is 5.43. The molecule has 0 amide bonds. The van der Waals surface area contributed by atoms with Gasteiger partial charge in [0.15, 0.2) is 0 Å². The van der Waals surface area contributed by atoms with Gasteiger partial charge in [0.05, 0.1) is 0 Å². The molecule has 0 saturated heterocycles. The lowest BCUT2D eigenvalue weighted by Crippen LogP contribution is -1.84. The number of phenols is 2. The molecular formula is C20H14O2. The first kappa shape index (κ1) is 12.7. The van der Waals surface area contributed by atoms with Crippen LogP contribution in [0.3, 0.4) is 0 Å². The number of phenolic OH excluding ortho intramolecular Hbond substituents is 2. The summed E-state index contributed by atoms with van der Waals surface area (Å²) in [6.45, 7) is 0. The molecule has 0 unspecified atom stereocenters. The van der Waals surface area contributed by atoms with Gasteiger partial charge in [-0.15, -0.1) is 0 Å². The third-order valence-electron chi connectivity index (χ3n) is 4.00. The second-order valence-electron chi connectivity index (χ2n) is 5.43. The van der Waals surface area contributed by atoms with E-state index >= 15 is 0 Å². The van der Waals surface area contributed by atoms with Crippen molar-refractivity contribution in [2.75, 3.05) is 0 Å². The zero-order valence-electron chi connectivity index (χ0n) is 11.8. The monoisotopic (exact) mass is 286 g/mol. The summed E-state index contributed by atoms with van der Waals surface area (Å²) in [5.41, 5.74) is 2.04. The molecule has 0 bridgehead atoms. The SMILES string of the molecule is Oc1ccc2c(-c3cc(O)cc4ccccc34)cccc2c1. The molecule has 4 aromatic rings. The van der Waals surface area contributed by atoms with Crippen molar-refractivity contribution >= 4 is 21.5 Å². The molecule has 0 aliphatic heterocycles. The molecule has 22 heavy (non-hydrogen) atoms. The average Bonchev–Trinajstić information content (AvgIpc) is 2.53. The predicted octanol–water partition coefficient (Wildman–Crippen LogP) is 5.07. The van der Waals surface area contributed by atoms with E-state index in [9.17, 15) is 10.2 Å². The van der Waals surface area contributed by atoms with Crippen LogP contribution in [0.25, 0.3) is 32.7 Å². The quantitative estimate of drug-likeness (QED) is 0.513. The van der Waals surface area contributed by atoms with Gasteiger partial charge in [0, 0.05) is 0 Å². The molecular weight excluding hydrogens is 272 g/mol. The van der Waals surface area contributed by atoms with Crippen molar-refractivity contribution in [3.8, 4) is 22.6 Å². The topological polar surface area (TPSA) is 40.5 Å². The van der Waals surface area contributed by atoms with Crippen LogP contribution in [-0.4, -0.2) is 10.2 Å². The number of aromatic hydroxyl groups is 2. The van der Waals surface area contributed by atoms with E-state index in [1.165, 1.54) is 0 Å². The lowest BCUT2D eigenvalue weighted by atomic mass is 9.93. The maximum atomic E-state index is 10.0. The van der Waals surface area contributed by atoms with Crippen LogP contribution in [0.2, 0.25) is 0 Å². The third kappa shape index (κ3) is 1.97. The molecule has 0 aromatic heterocycles. The summed E-state index contributed by atoms with van der Waals surface area (Å²) in [6.07, 6.45) is 0. The highest BCUT2D eigenvalue weighted by Crippen LogP contribution is 2.37. The summed E-state index contributed by atoms with van der Waals surface area (Å²) >= 11 is 0. The molecule has 0 aliphatic carbocycles. The standard InChI is InChI=1S/C20H14O2/c21-15-8-9-18-14(10-15)5-3-7-19(18)20-12-16(22)11-13-4-1-2-6-17(13)20/h1-12,21-22H. The van der Waals surface area contributed by atoms with Crippen molar-refractivity contribution in [3.63, 3.8) is 0 Å². The van der Waals surface area contributed by atoms with Crippen LogP contribution in [0.4, 0.5) is 0 Å². The molecule has 0 fully saturated rings. The molecule has 4 aromatic carbocycles. The molecule has 0 atom stereocenters. The maximum Gasteiger partial charge on any atom is 0.116 e. The Labute approximate surface area is 127 Å². The Kier molecular flexibility index (Phi) is 2.76. The minimum atomic E-state index is 0.254. The molecule has 0 spiro atoms. The Morgan fingerprint density at radius 3 is 2.05 bits per heavy atom. The van der Waals surface area contributed by atoms with Gasteiger partial charge >= 0.3 is 0 Å². The Bertz CT molecular complexity index is 1000. The molecule has 0 aliphatic rings. The lowest BCUT2D eigenvalue weighted by molar-refractivity contribution is 0.475. The van der Waals surface area contributed by atoms with E-state index < -0.39 is 0 Å². The molecule has 0 heterocycles. The van der Waals surface area contributed by atoms with Crippen LogP contribution < -0.4 is 0 Å². The molecule has 2 N–H and O–H groups in total. The number of benzene rings is 4. The van der Waals surface area contributed by atoms with Crippen LogP contribution in [0.1, 0.15) is 0 Å². The number of fused-ring (bicyclic) bond motifs is 2. The minimum absolute atomic E-state index is 0.254. The fraction of sp³-hybridized carbons (Fsp3) is 0. The molecule has 0 saturated carbocycles. The van der Waals surface area contributed by atoms with E-state index in [2.05, 4.69) is 6.07 Å². The Morgan fingerprint density at radius 1 is 0.500 bits per heavy atom. The first-order valence-electron chi connectivity index (χ1n) is 7.16. The molecule has 106 valence electrons. The predicted molar refractivity (Wildman–Crippen MR) is 90.2 cm³/mol. The number of hydrogen-bond acceptors (Lipinski definition) is 2. The van der Waals surface area contributed by atoms with Gasteiger partial charge in [-0.05, 0) is 56.9 Å². The van der Waals surface area contributed by atoms with Crippen LogP contribution in [0.15, 0.2) is 72.8 Å². The first-order valence-corrected chi connectivity index (χ1v) is 7.16. The van der Waals surface area contributed by atoms with E-state index in [-0.39, 0.29) is 11.5 Å². The zero-order valence-corrected chi connectivity index (χ0v) is 11.8. The van der Waals surface area contributed by atoms with Crippen molar-refractivity contribution in [1.82, 2.24) is 0 Å². The van der Waals surface area contributed by atoms with Gasteiger partial charge in [0.25, 0.3) is 0 Å². The Balaban J connectivity index is 2.12. The first-order chi connectivity index (χ1) is 10.7. The van der Waals surface area contributed by atoms with Gasteiger partial charge in [-0.3, -0.25) is 0 Å². The summed E-state index contributed by atoms with van der Waals surface area (Å²) in [5, 5.41) is 23.9. The lowest BCUT2D eigenvalue weighted by Gasteiger charge is -2.11. The van der Waals surface area contributed by atoms with Gasteiger partial charge in [-0.25, -0.2) is 0 Å². The summed E-state index contributed by atoms with van der Waals surface area (Å²) < 4.78 is 0. The van der Waals surface area contributed by atoms with Crippen molar-refractivity contribution < 1.29 is 10.2 Å². The van der Waals surface area contributed by atoms with Gasteiger partial charge in [-0.2, -0.15) is 0 Å². The smallest absolute Gasteiger partial charge is 0.116 e. The van der Waals surface area contributed by atoms with E-state index in [4.69, 9.17) is 0 Å². The average molecular weight is 286 g/mol. The summed E-state index contributed by atoms with van der Waals surface area (Å²) in [5.74, 6) is 0.509. The fourth-order valence-electron chi connectivity index (χ4n) is 3.02. The van der Waals surface area contributed by atoms with Gasteiger partial charge < -0.3 is 10.2 Å². The molecule has 4 rings (SSSR count). The maximum absolute atomic E-state index is 10.0. The van der Waals surface area contributed by atoms with Gasteiger partial charge in [0.2, 0.25) is 0 Å². The highest BCUT2D eigenvalue weighted by molar-refractivity contribution is 6.06. The summed E-state index contributed by atoms with van der Waals surface area (Å²) in [7, 11) is 0.